The van der Waals surface area contributed by atoms with Gasteiger partial charge in [-0.15, -0.1) is 0 Å². The second-order valence-electron chi connectivity index (χ2n) is 3.09. The van der Waals surface area contributed by atoms with Crippen molar-refractivity contribution < 1.29 is 5.11 Å². The molecule has 1 aromatic rings. The van der Waals surface area contributed by atoms with Gasteiger partial charge < -0.3 is 0 Å². The molecule has 1 aromatic carbocycles. The van der Waals surface area contributed by atoms with Gasteiger partial charge in [0.1, 0.15) is 6.23 Å². The standard InChI is InChI=1S/C11H16NO/c1-2-11(13)12-9-8-10-6-4-3-5-7-10/h3-7,11-12H,2,8-9H2,1H3. The van der Waals surface area contributed by atoms with Crippen molar-refractivity contribution in [2.45, 2.75) is 26.0 Å². The molecule has 0 saturated heterocycles. The monoisotopic (exact) mass is 178 g/mol. The maximum Gasteiger partial charge on any atom is 0.143 e. The topological polar surface area (TPSA) is 31.9 Å². The average Bonchev–Trinajstić information content (AvgIpc) is 2.19. The fraction of sp³-hybridized carbons (Fsp3) is 0.455. The Labute approximate surface area is 79.6 Å². The number of hydrogen-bond donors (Lipinski definition) is 1. The van der Waals surface area contributed by atoms with Gasteiger partial charge in [-0.05, 0) is 18.4 Å². The predicted molar refractivity (Wildman–Crippen MR) is 52.9 cm³/mol. The molecule has 1 unspecified atom stereocenters. The first kappa shape index (κ1) is 10.2. The fourth-order valence-electron chi connectivity index (χ4n) is 1.17. The summed E-state index contributed by atoms with van der Waals surface area (Å²) in [6, 6.07) is 10.2. The highest BCUT2D eigenvalue weighted by Gasteiger charge is 1.99. The molecular weight excluding hydrogens is 162 g/mol. The molecule has 0 bridgehead atoms. The Kier molecular flexibility index (Phi) is 4.50. The van der Waals surface area contributed by atoms with Crippen LogP contribution in [0.2, 0.25) is 0 Å². The number of hydrogen-bond acceptors (Lipinski definition) is 1. The highest BCUT2D eigenvalue weighted by Crippen LogP contribution is 1.98. The summed E-state index contributed by atoms with van der Waals surface area (Å²) in [6.07, 6.45) is 0.970. The van der Waals surface area contributed by atoms with Crippen LogP contribution in [0.4, 0.5) is 0 Å². The van der Waals surface area contributed by atoms with Crippen molar-refractivity contribution >= 4 is 0 Å². The van der Waals surface area contributed by atoms with Gasteiger partial charge in [0.2, 0.25) is 0 Å². The maximum atomic E-state index is 11.0. The van der Waals surface area contributed by atoms with Crippen molar-refractivity contribution in [2.24, 2.45) is 0 Å². The van der Waals surface area contributed by atoms with E-state index < -0.39 is 6.23 Å². The quantitative estimate of drug-likeness (QED) is 0.687. The number of nitrogens with one attached hydrogen (secondary N) is 1. The molecule has 0 fully saturated rings. The second-order valence-corrected chi connectivity index (χ2v) is 3.09. The molecule has 0 aliphatic rings. The predicted octanol–water partition coefficient (Wildman–Crippen LogP) is 1.99. The van der Waals surface area contributed by atoms with Crippen LogP contribution in [0.15, 0.2) is 30.3 Å². The van der Waals surface area contributed by atoms with Gasteiger partial charge in [0, 0.05) is 6.54 Å². The molecule has 71 valence electrons. The molecule has 0 heterocycles. The van der Waals surface area contributed by atoms with Crippen molar-refractivity contribution in [3.63, 3.8) is 0 Å². The fourth-order valence-corrected chi connectivity index (χ4v) is 1.17. The zero-order valence-corrected chi connectivity index (χ0v) is 7.99. The lowest BCUT2D eigenvalue weighted by Gasteiger charge is -2.07. The van der Waals surface area contributed by atoms with Crippen molar-refractivity contribution in [2.75, 3.05) is 6.54 Å². The lowest BCUT2D eigenvalue weighted by molar-refractivity contribution is 0.0564. The van der Waals surface area contributed by atoms with Gasteiger partial charge in [-0.2, -0.15) is 0 Å². The molecule has 0 spiro atoms. The maximum absolute atomic E-state index is 11.0. The Balaban J connectivity index is 2.20. The molecule has 0 aliphatic heterocycles. The first-order valence-corrected chi connectivity index (χ1v) is 4.76. The van der Waals surface area contributed by atoms with E-state index in [1.54, 1.807) is 0 Å². The van der Waals surface area contributed by atoms with Crippen LogP contribution >= 0.6 is 0 Å². The van der Waals surface area contributed by atoms with E-state index in [9.17, 15) is 5.11 Å². The molecule has 0 aromatic heterocycles. The smallest absolute Gasteiger partial charge is 0.143 e. The molecule has 2 heteroatoms. The minimum Gasteiger partial charge on any atom is -0.289 e. The molecule has 1 radical (unpaired) electrons. The largest absolute Gasteiger partial charge is 0.289 e. The molecule has 0 amide bonds. The molecular formula is C11H16NO. The summed E-state index contributed by atoms with van der Waals surface area (Å²) in [4.78, 5) is 0. The van der Waals surface area contributed by atoms with Gasteiger partial charge in [0.15, 0.2) is 0 Å². The normalized spacial score (nSPS) is 12.8. The molecule has 0 aliphatic carbocycles. The molecule has 13 heavy (non-hydrogen) atoms. The van der Waals surface area contributed by atoms with E-state index in [0.29, 0.717) is 6.42 Å². The Hall–Kier alpha value is -0.860. The summed E-state index contributed by atoms with van der Waals surface area (Å²) in [5.74, 6) is 0. The van der Waals surface area contributed by atoms with Gasteiger partial charge in [0.05, 0.1) is 0 Å². The van der Waals surface area contributed by atoms with Crippen molar-refractivity contribution in [3.8, 4) is 0 Å². The van der Waals surface area contributed by atoms with Crippen LogP contribution in [0.5, 0.6) is 0 Å². The summed E-state index contributed by atoms with van der Waals surface area (Å²) < 4.78 is 0. The van der Waals surface area contributed by atoms with E-state index in [-0.39, 0.29) is 0 Å². The third-order valence-electron chi connectivity index (χ3n) is 2.00. The molecule has 1 atom stereocenters. The number of rotatable bonds is 5. The van der Waals surface area contributed by atoms with E-state index >= 15 is 0 Å². The van der Waals surface area contributed by atoms with Crippen LogP contribution in [-0.4, -0.2) is 12.8 Å². The highest BCUT2D eigenvalue weighted by atomic mass is 16.3. The van der Waals surface area contributed by atoms with E-state index in [2.05, 4.69) is 17.4 Å². The van der Waals surface area contributed by atoms with E-state index in [1.165, 1.54) is 5.56 Å². The highest BCUT2D eigenvalue weighted by molar-refractivity contribution is 5.14. The Morgan fingerprint density at radius 1 is 1.31 bits per heavy atom. The first-order chi connectivity index (χ1) is 6.33. The third kappa shape index (κ3) is 4.06. The van der Waals surface area contributed by atoms with Crippen LogP contribution in [0.3, 0.4) is 0 Å². The summed E-state index contributed by atoms with van der Waals surface area (Å²) in [5, 5.41) is 13.9. The second kappa shape index (κ2) is 5.73. The Morgan fingerprint density at radius 3 is 2.62 bits per heavy atom. The summed E-state index contributed by atoms with van der Waals surface area (Å²) in [6.45, 7) is 2.67. The molecule has 2 nitrogen and oxygen atoms in total. The lowest BCUT2D eigenvalue weighted by Crippen LogP contribution is -2.28. The van der Waals surface area contributed by atoms with Crippen LogP contribution in [-0.2, 0) is 11.5 Å². The molecule has 1 rings (SSSR count). The first-order valence-electron chi connectivity index (χ1n) is 4.76. The third-order valence-corrected chi connectivity index (χ3v) is 2.00. The van der Waals surface area contributed by atoms with Gasteiger partial charge in [-0.1, -0.05) is 37.3 Å². The van der Waals surface area contributed by atoms with E-state index in [1.807, 2.05) is 25.1 Å². The van der Waals surface area contributed by atoms with Crippen molar-refractivity contribution in [1.29, 1.82) is 0 Å². The van der Waals surface area contributed by atoms with Crippen molar-refractivity contribution in [1.82, 2.24) is 5.32 Å². The van der Waals surface area contributed by atoms with Gasteiger partial charge in [0.25, 0.3) is 0 Å². The minimum atomic E-state index is -0.608. The van der Waals surface area contributed by atoms with E-state index in [0.717, 1.165) is 13.0 Å². The zero-order chi connectivity index (χ0) is 9.52. The average molecular weight is 178 g/mol. The SMILES string of the molecule is CCC([O])NCCc1ccccc1. The summed E-state index contributed by atoms with van der Waals surface area (Å²) >= 11 is 0. The van der Waals surface area contributed by atoms with Crippen LogP contribution in [0.25, 0.3) is 0 Å². The molecule has 1 N–H and O–H groups in total. The summed E-state index contributed by atoms with van der Waals surface area (Å²) in [7, 11) is 0. The Morgan fingerprint density at radius 2 is 2.00 bits per heavy atom. The van der Waals surface area contributed by atoms with Gasteiger partial charge in [-0.3, -0.25) is 5.32 Å². The van der Waals surface area contributed by atoms with Crippen LogP contribution in [0.1, 0.15) is 18.9 Å². The van der Waals surface area contributed by atoms with Crippen molar-refractivity contribution in [3.05, 3.63) is 35.9 Å². The minimum absolute atomic E-state index is 0.608. The summed E-state index contributed by atoms with van der Waals surface area (Å²) in [5.41, 5.74) is 1.28. The Bertz CT molecular complexity index is 223. The van der Waals surface area contributed by atoms with E-state index in [4.69, 9.17) is 0 Å². The van der Waals surface area contributed by atoms with Crippen LogP contribution in [0, 0.1) is 0 Å². The lowest BCUT2D eigenvalue weighted by atomic mass is 10.1. The van der Waals surface area contributed by atoms with Gasteiger partial charge in [-0.25, -0.2) is 5.11 Å². The zero-order valence-electron chi connectivity index (χ0n) is 7.99. The number of benzene rings is 1. The van der Waals surface area contributed by atoms with Crippen LogP contribution < -0.4 is 5.32 Å². The molecule has 0 saturated carbocycles. The van der Waals surface area contributed by atoms with Gasteiger partial charge >= 0.3 is 0 Å².